The Bertz CT molecular complexity index is 541. The summed E-state index contributed by atoms with van der Waals surface area (Å²) in [6.07, 6.45) is 3.56. The summed E-state index contributed by atoms with van der Waals surface area (Å²) in [5, 5.41) is 13.8. The molecular formula is C15H21N3O3. The van der Waals surface area contributed by atoms with Crippen LogP contribution in [0.5, 0.6) is 0 Å². The Labute approximate surface area is 124 Å². The van der Waals surface area contributed by atoms with Crippen molar-refractivity contribution in [3.05, 3.63) is 33.9 Å². The second-order valence-corrected chi connectivity index (χ2v) is 5.38. The number of anilines is 1. The van der Waals surface area contributed by atoms with Gasteiger partial charge in [0.15, 0.2) is 0 Å². The van der Waals surface area contributed by atoms with E-state index in [9.17, 15) is 14.9 Å². The number of amides is 1. The van der Waals surface area contributed by atoms with Gasteiger partial charge in [0, 0.05) is 38.0 Å². The molecule has 0 bridgehead atoms. The molecule has 0 atom stereocenters. The van der Waals surface area contributed by atoms with E-state index < -0.39 is 4.92 Å². The molecule has 0 radical (unpaired) electrons. The summed E-state index contributed by atoms with van der Waals surface area (Å²) in [6, 6.07) is 4.35. The molecule has 1 aromatic rings. The molecule has 21 heavy (non-hydrogen) atoms. The van der Waals surface area contributed by atoms with Gasteiger partial charge in [-0.3, -0.25) is 14.9 Å². The highest BCUT2D eigenvalue weighted by molar-refractivity contribution is 6.00. The number of rotatable bonds is 6. The maximum atomic E-state index is 12.7. The number of nitro benzene ring substituents is 1. The smallest absolute Gasteiger partial charge is 0.270 e. The van der Waals surface area contributed by atoms with Crippen LogP contribution >= 0.6 is 0 Å². The first-order valence-electron chi connectivity index (χ1n) is 7.32. The molecule has 0 heterocycles. The maximum Gasteiger partial charge on any atom is 0.270 e. The Kier molecular flexibility index (Phi) is 4.77. The summed E-state index contributed by atoms with van der Waals surface area (Å²) >= 11 is 0. The Hall–Kier alpha value is -2.11. The first kappa shape index (κ1) is 15.3. The number of nitrogens with zero attached hydrogens (tertiary/aromatic N) is 2. The lowest BCUT2D eigenvalue weighted by molar-refractivity contribution is -0.384. The van der Waals surface area contributed by atoms with E-state index in [-0.39, 0.29) is 11.6 Å². The van der Waals surface area contributed by atoms with Gasteiger partial charge >= 0.3 is 0 Å². The van der Waals surface area contributed by atoms with Gasteiger partial charge in [-0.25, -0.2) is 0 Å². The third-order valence-electron chi connectivity index (χ3n) is 4.09. The molecule has 0 aliphatic heterocycles. The van der Waals surface area contributed by atoms with E-state index in [0.717, 1.165) is 19.4 Å². The molecule has 6 nitrogen and oxygen atoms in total. The zero-order chi connectivity index (χ0) is 15.4. The van der Waals surface area contributed by atoms with Gasteiger partial charge in [-0.15, -0.1) is 0 Å². The van der Waals surface area contributed by atoms with Crippen LogP contribution in [0.4, 0.5) is 11.4 Å². The predicted octanol–water partition coefficient (Wildman–Crippen LogP) is 2.90. The minimum Gasteiger partial charge on any atom is -0.387 e. The third kappa shape index (κ3) is 3.32. The standard InChI is InChI=1S/C15H21N3O3/c1-3-17(10-11-5-4-6-11)15(19)13-9-12(18(20)21)7-8-14(13)16-2/h7-9,11,16H,3-6,10H2,1-2H3. The highest BCUT2D eigenvalue weighted by atomic mass is 16.6. The number of nitrogens with one attached hydrogen (secondary N) is 1. The van der Waals surface area contributed by atoms with Crippen LogP contribution in [0, 0.1) is 16.0 Å². The summed E-state index contributed by atoms with van der Waals surface area (Å²) in [5.74, 6) is 0.433. The fourth-order valence-electron chi connectivity index (χ4n) is 2.55. The normalized spacial score (nSPS) is 14.4. The number of carbonyl (C=O) groups is 1. The van der Waals surface area contributed by atoms with Gasteiger partial charge < -0.3 is 10.2 Å². The molecular weight excluding hydrogens is 270 g/mol. The van der Waals surface area contributed by atoms with Crippen molar-refractivity contribution in [3.63, 3.8) is 0 Å². The zero-order valence-electron chi connectivity index (χ0n) is 12.5. The molecule has 0 unspecified atom stereocenters. The highest BCUT2D eigenvalue weighted by Crippen LogP contribution is 2.29. The molecule has 1 aromatic carbocycles. The van der Waals surface area contributed by atoms with Crippen LogP contribution in [0.15, 0.2) is 18.2 Å². The molecule has 0 spiro atoms. The van der Waals surface area contributed by atoms with Crippen molar-refractivity contribution in [1.82, 2.24) is 4.90 Å². The van der Waals surface area contributed by atoms with Gasteiger partial charge in [-0.2, -0.15) is 0 Å². The molecule has 1 saturated carbocycles. The summed E-state index contributed by atoms with van der Waals surface area (Å²) in [7, 11) is 1.71. The molecule has 6 heteroatoms. The number of hydrogen-bond acceptors (Lipinski definition) is 4. The van der Waals surface area contributed by atoms with E-state index >= 15 is 0 Å². The molecule has 1 N–H and O–H groups in total. The Balaban J connectivity index is 2.26. The number of non-ortho nitro benzene ring substituents is 1. The van der Waals surface area contributed by atoms with Gasteiger partial charge in [-0.05, 0) is 31.7 Å². The second kappa shape index (κ2) is 6.56. The van der Waals surface area contributed by atoms with Gasteiger partial charge in [0.25, 0.3) is 11.6 Å². The lowest BCUT2D eigenvalue weighted by Crippen LogP contribution is -2.37. The first-order valence-corrected chi connectivity index (χ1v) is 7.32. The van der Waals surface area contributed by atoms with Gasteiger partial charge in [-0.1, -0.05) is 6.42 Å². The van der Waals surface area contributed by atoms with E-state index in [0.29, 0.717) is 23.7 Å². The minimum atomic E-state index is -0.474. The second-order valence-electron chi connectivity index (χ2n) is 5.38. The summed E-state index contributed by atoms with van der Waals surface area (Å²) in [4.78, 5) is 24.9. The minimum absolute atomic E-state index is 0.0583. The lowest BCUT2D eigenvalue weighted by Gasteiger charge is -2.32. The maximum absolute atomic E-state index is 12.7. The van der Waals surface area contributed by atoms with Gasteiger partial charge in [0.2, 0.25) is 0 Å². The molecule has 1 aliphatic rings. The van der Waals surface area contributed by atoms with Crippen LogP contribution in [-0.4, -0.2) is 35.9 Å². The van der Waals surface area contributed by atoms with E-state index in [1.54, 1.807) is 18.0 Å². The van der Waals surface area contributed by atoms with E-state index in [1.807, 2.05) is 6.92 Å². The average Bonchev–Trinajstić information content (AvgIpc) is 2.45. The molecule has 1 aliphatic carbocycles. The molecule has 1 amide bonds. The first-order chi connectivity index (χ1) is 10.1. The van der Waals surface area contributed by atoms with Crippen molar-refractivity contribution >= 4 is 17.3 Å². The Morgan fingerprint density at radius 3 is 2.67 bits per heavy atom. The third-order valence-corrected chi connectivity index (χ3v) is 4.09. The van der Waals surface area contributed by atoms with Crippen molar-refractivity contribution in [2.45, 2.75) is 26.2 Å². The highest BCUT2D eigenvalue weighted by Gasteiger charge is 2.25. The van der Waals surface area contributed by atoms with Crippen LogP contribution < -0.4 is 5.32 Å². The van der Waals surface area contributed by atoms with Gasteiger partial charge in [0.1, 0.15) is 0 Å². The number of carbonyl (C=O) groups excluding carboxylic acids is 1. The lowest BCUT2D eigenvalue weighted by atomic mass is 9.85. The summed E-state index contributed by atoms with van der Waals surface area (Å²) < 4.78 is 0. The molecule has 114 valence electrons. The molecule has 2 rings (SSSR count). The Morgan fingerprint density at radius 2 is 2.19 bits per heavy atom. The fourth-order valence-corrected chi connectivity index (χ4v) is 2.55. The van der Waals surface area contributed by atoms with E-state index in [1.165, 1.54) is 18.6 Å². The van der Waals surface area contributed by atoms with E-state index in [4.69, 9.17) is 0 Å². The zero-order valence-corrected chi connectivity index (χ0v) is 12.5. The van der Waals surface area contributed by atoms with Gasteiger partial charge in [0.05, 0.1) is 10.5 Å². The predicted molar refractivity (Wildman–Crippen MR) is 81.6 cm³/mol. The SMILES string of the molecule is CCN(CC1CCC1)C(=O)c1cc([N+](=O)[O-])ccc1NC. The monoisotopic (exact) mass is 291 g/mol. The van der Waals surface area contributed by atoms with Crippen molar-refractivity contribution < 1.29 is 9.72 Å². The fraction of sp³-hybridized carbons (Fsp3) is 0.533. The van der Waals surface area contributed by atoms with E-state index in [2.05, 4.69) is 5.32 Å². The molecule has 0 saturated heterocycles. The topological polar surface area (TPSA) is 75.5 Å². The number of benzene rings is 1. The largest absolute Gasteiger partial charge is 0.387 e. The number of nitro groups is 1. The van der Waals surface area contributed by atoms with Crippen LogP contribution in [-0.2, 0) is 0 Å². The average molecular weight is 291 g/mol. The van der Waals surface area contributed by atoms with Crippen molar-refractivity contribution in [3.8, 4) is 0 Å². The molecule has 0 aromatic heterocycles. The van der Waals surface area contributed by atoms with Crippen LogP contribution in [0.3, 0.4) is 0 Å². The molecule has 1 fully saturated rings. The number of hydrogen-bond donors (Lipinski definition) is 1. The summed E-state index contributed by atoms with van der Waals surface area (Å²) in [5.41, 5.74) is 0.933. The van der Waals surface area contributed by atoms with Crippen molar-refractivity contribution in [2.75, 3.05) is 25.5 Å². The van der Waals surface area contributed by atoms with Crippen LogP contribution in [0.2, 0.25) is 0 Å². The van der Waals surface area contributed by atoms with Crippen LogP contribution in [0.1, 0.15) is 36.5 Å². The van der Waals surface area contributed by atoms with Crippen molar-refractivity contribution in [1.29, 1.82) is 0 Å². The summed E-state index contributed by atoms with van der Waals surface area (Å²) in [6.45, 7) is 3.29. The quantitative estimate of drug-likeness (QED) is 0.646. The Morgan fingerprint density at radius 1 is 1.48 bits per heavy atom. The van der Waals surface area contributed by atoms with Crippen LogP contribution in [0.25, 0.3) is 0 Å². The van der Waals surface area contributed by atoms with Crippen molar-refractivity contribution in [2.24, 2.45) is 5.92 Å².